The van der Waals surface area contributed by atoms with Crippen LogP contribution in [0.4, 0.5) is 5.82 Å². The van der Waals surface area contributed by atoms with E-state index in [0.717, 1.165) is 21.5 Å². The molecule has 0 saturated heterocycles. The van der Waals surface area contributed by atoms with Crippen molar-refractivity contribution >= 4 is 21.7 Å². The van der Waals surface area contributed by atoms with Crippen LogP contribution in [0.15, 0.2) is 34.8 Å². The van der Waals surface area contributed by atoms with Gasteiger partial charge in [-0.15, -0.1) is 0 Å². The van der Waals surface area contributed by atoms with Gasteiger partial charge in [-0.2, -0.15) is 5.10 Å². The van der Waals surface area contributed by atoms with Gasteiger partial charge < -0.3 is 5.32 Å². The number of aromatic amines is 1. The number of nitrogens with zero attached hydrogens (tertiary/aromatic N) is 1. The second-order valence-corrected chi connectivity index (χ2v) is 3.84. The number of H-pyrrole nitrogens is 1. The number of hydrogen-bond donors (Lipinski definition) is 2. The molecule has 2 aromatic rings. The van der Waals surface area contributed by atoms with Crippen LogP contribution in [0.25, 0.3) is 11.3 Å². The molecule has 3 nitrogen and oxygen atoms in total. The molecule has 0 amide bonds. The first-order chi connectivity index (χ1) is 6.79. The van der Waals surface area contributed by atoms with Crippen LogP contribution >= 0.6 is 15.9 Å². The van der Waals surface area contributed by atoms with E-state index in [9.17, 15) is 0 Å². The first kappa shape index (κ1) is 9.27. The van der Waals surface area contributed by atoms with Crippen LogP contribution in [0, 0.1) is 0 Å². The molecule has 0 aliphatic carbocycles. The Morgan fingerprint density at radius 2 is 2.21 bits per heavy atom. The molecule has 0 fully saturated rings. The van der Waals surface area contributed by atoms with Gasteiger partial charge >= 0.3 is 0 Å². The summed E-state index contributed by atoms with van der Waals surface area (Å²) in [4.78, 5) is 0. The van der Waals surface area contributed by atoms with Crippen molar-refractivity contribution in [1.82, 2.24) is 10.2 Å². The minimum Gasteiger partial charge on any atom is -0.372 e. The molecule has 1 aromatic heterocycles. The van der Waals surface area contributed by atoms with E-state index < -0.39 is 0 Å². The quantitative estimate of drug-likeness (QED) is 0.862. The van der Waals surface area contributed by atoms with Crippen molar-refractivity contribution in [2.75, 3.05) is 12.4 Å². The largest absolute Gasteiger partial charge is 0.372 e. The second kappa shape index (κ2) is 3.84. The second-order valence-electron chi connectivity index (χ2n) is 2.93. The fraction of sp³-hybridized carbons (Fsp3) is 0.100. The smallest absolute Gasteiger partial charge is 0.148 e. The molecule has 0 radical (unpaired) electrons. The highest BCUT2D eigenvalue weighted by Crippen LogP contribution is 2.22. The van der Waals surface area contributed by atoms with Crippen molar-refractivity contribution in [3.63, 3.8) is 0 Å². The third-order valence-corrected chi connectivity index (χ3v) is 2.46. The summed E-state index contributed by atoms with van der Waals surface area (Å²) in [7, 11) is 1.85. The van der Waals surface area contributed by atoms with Crippen molar-refractivity contribution in [1.29, 1.82) is 0 Å². The number of hydrogen-bond acceptors (Lipinski definition) is 2. The normalized spacial score (nSPS) is 10.1. The zero-order valence-electron chi connectivity index (χ0n) is 7.71. The van der Waals surface area contributed by atoms with Crippen LogP contribution in [0.3, 0.4) is 0 Å². The molecule has 0 bridgehead atoms. The van der Waals surface area contributed by atoms with E-state index in [4.69, 9.17) is 0 Å². The lowest BCUT2D eigenvalue weighted by atomic mass is 10.2. The van der Waals surface area contributed by atoms with Gasteiger partial charge in [0.15, 0.2) is 0 Å². The molecule has 0 aliphatic heterocycles. The van der Waals surface area contributed by atoms with Gasteiger partial charge in [0, 0.05) is 23.2 Å². The molecule has 0 unspecified atom stereocenters. The van der Waals surface area contributed by atoms with Crippen LogP contribution in [0.1, 0.15) is 0 Å². The van der Waals surface area contributed by atoms with E-state index >= 15 is 0 Å². The van der Waals surface area contributed by atoms with Gasteiger partial charge in [0.05, 0.1) is 5.69 Å². The number of anilines is 1. The summed E-state index contributed by atoms with van der Waals surface area (Å²) >= 11 is 3.43. The maximum Gasteiger partial charge on any atom is 0.148 e. The Bertz CT molecular complexity index is 436. The minimum absolute atomic E-state index is 0.847. The van der Waals surface area contributed by atoms with Crippen LogP contribution in [0.2, 0.25) is 0 Å². The zero-order chi connectivity index (χ0) is 9.97. The van der Waals surface area contributed by atoms with Gasteiger partial charge in [0.1, 0.15) is 5.82 Å². The summed E-state index contributed by atoms with van der Waals surface area (Å²) in [6.07, 6.45) is 0. The molecule has 1 aromatic carbocycles. The first-order valence-corrected chi connectivity index (χ1v) is 5.08. The summed E-state index contributed by atoms with van der Waals surface area (Å²) in [6, 6.07) is 10.1. The summed E-state index contributed by atoms with van der Waals surface area (Å²) in [5.41, 5.74) is 2.13. The Morgan fingerprint density at radius 3 is 2.86 bits per heavy atom. The summed E-state index contributed by atoms with van der Waals surface area (Å²) in [6.45, 7) is 0. The topological polar surface area (TPSA) is 40.7 Å². The van der Waals surface area contributed by atoms with Crippen molar-refractivity contribution in [2.45, 2.75) is 0 Å². The Labute approximate surface area is 90.7 Å². The highest BCUT2D eigenvalue weighted by Gasteiger charge is 2.01. The maximum absolute atomic E-state index is 4.09. The number of halogens is 1. The van der Waals surface area contributed by atoms with Crippen LogP contribution in [-0.4, -0.2) is 17.2 Å². The average molecular weight is 252 g/mol. The molecule has 4 heteroatoms. The van der Waals surface area contributed by atoms with Crippen LogP contribution in [-0.2, 0) is 0 Å². The summed E-state index contributed by atoms with van der Waals surface area (Å²) in [5, 5.41) is 10.0. The lowest BCUT2D eigenvalue weighted by Gasteiger charge is -1.96. The Morgan fingerprint density at radius 1 is 1.36 bits per heavy atom. The van der Waals surface area contributed by atoms with Crippen molar-refractivity contribution < 1.29 is 0 Å². The van der Waals surface area contributed by atoms with E-state index in [1.54, 1.807) is 0 Å². The van der Waals surface area contributed by atoms with E-state index in [1.807, 2.05) is 37.4 Å². The first-order valence-electron chi connectivity index (χ1n) is 4.28. The SMILES string of the molecule is CNc1cc(-c2cccc(Br)c2)[nH]n1. The molecule has 2 N–H and O–H groups in total. The monoisotopic (exact) mass is 251 g/mol. The molecule has 0 saturated carbocycles. The van der Waals surface area contributed by atoms with Crippen molar-refractivity contribution in [2.24, 2.45) is 0 Å². The Balaban J connectivity index is 2.39. The van der Waals surface area contributed by atoms with Gasteiger partial charge in [-0.05, 0) is 12.1 Å². The Hall–Kier alpha value is -1.29. The fourth-order valence-corrected chi connectivity index (χ4v) is 1.65. The lowest BCUT2D eigenvalue weighted by molar-refractivity contribution is 1.09. The highest BCUT2D eigenvalue weighted by molar-refractivity contribution is 9.10. The predicted molar refractivity (Wildman–Crippen MR) is 61.3 cm³/mol. The van der Waals surface area contributed by atoms with Gasteiger partial charge in [-0.1, -0.05) is 28.1 Å². The van der Waals surface area contributed by atoms with Crippen LogP contribution < -0.4 is 5.32 Å². The third kappa shape index (κ3) is 1.80. The molecule has 0 spiro atoms. The molecule has 72 valence electrons. The lowest BCUT2D eigenvalue weighted by Crippen LogP contribution is -1.85. The highest BCUT2D eigenvalue weighted by atomic mass is 79.9. The molecule has 1 heterocycles. The van der Waals surface area contributed by atoms with E-state index in [1.165, 1.54) is 0 Å². The molecule has 0 aliphatic rings. The van der Waals surface area contributed by atoms with Gasteiger partial charge in [-0.3, -0.25) is 5.10 Å². The van der Waals surface area contributed by atoms with Crippen molar-refractivity contribution in [3.8, 4) is 11.3 Å². The van der Waals surface area contributed by atoms with E-state index in [-0.39, 0.29) is 0 Å². The average Bonchev–Trinajstić information content (AvgIpc) is 2.66. The molecule has 14 heavy (non-hydrogen) atoms. The van der Waals surface area contributed by atoms with E-state index in [2.05, 4.69) is 31.4 Å². The van der Waals surface area contributed by atoms with Crippen molar-refractivity contribution in [3.05, 3.63) is 34.8 Å². The van der Waals surface area contributed by atoms with Gasteiger partial charge in [-0.25, -0.2) is 0 Å². The standard InChI is InChI=1S/C10H10BrN3/c1-12-10-6-9(13-14-10)7-3-2-4-8(11)5-7/h2-6H,1H3,(H2,12,13,14). The van der Waals surface area contributed by atoms with Gasteiger partial charge in [0.25, 0.3) is 0 Å². The fourth-order valence-electron chi connectivity index (χ4n) is 1.25. The molecule has 2 rings (SSSR count). The third-order valence-electron chi connectivity index (χ3n) is 1.97. The van der Waals surface area contributed by atoms with Gasteiger partial charge in [0.2, 0.25) is 0 Å². The summed E-state index contributed by atoms with van der Waals surface area (Å²) in [5.74, 6) is 0.847. The van der Waals surface area contributed by atoms with Crippen LogP contribution in [0.5, 0.6) is 0 Å². The minimum atomic E-state index is 0.847. The summed E-state index contributed by atoms with van der Waals surface area (Å²) < 4.78 is 1.07. The number of nitrogens with one attached hydrogen (secondary N) is 2. The number of rotatable bonds is 2. The Kier molecular flexibility index (Phi) is 2.54. The maximum atomic E-state index is 4.09. The number of aromatic nitrogens is 2. The molecule has 0 atom stereocenters. The van der Waals surface area contributed by atoms with E-state index in [0.29, 0.717) is 0 Å². The predicted octanol–water partition coefficient (Wildman–Crippen LogP) is 2.88. The number of benzene rings is 1. The molecular formula is C10H10BrN3. The molecular weight excluding hydrogens is 242 g/mol. The zero-order valence-corrected chi connectivity index (χ0v) is 9.30.